The second-order valence-corrected chi connectivity index (χ2v) is 14.6. The van der Waals surface area contributed by atoms with Crippen molar-refractivity contribution in [2.24, 2.45) is 0 Å². The number of hydrogen-bond donors (Lipinski definition) is 2. The monoisotopic (exact) mass is 657 g/mol. The Labute approximate surface area is 275 Å². The van der Waals surface area contributed by atoms with Crippen LogP contribution in [0.4, 0.5) is 9.59 Å². The van der Waals surface area contributed by atoms with Crippen LogP contribution in [0, 0.1) is 0 Å². The van der Waals surface area contributed by atoms with Gasteiger partial charge in [-0.15, -0.1) is 0 Å². The summed E-state index contributed by atoms with van der Waals surface area (Å²) in [6, 6.07) is 3.71. The first kappa shape index (κ1) is 34.3. The maximum atomic E-state index is 13.6. The maximum Gasteiger partial charge on any atom is 0.407 e. The van der Waals surface area contributed by atoms with Crippen LogP contribution >= 0.6 is 0 Å². The van der Waals surface area contributed by atoms with Gasteiger partial charge in [-0.3, -0.25) is 14.5 Å². The SMILES string of the molecule is COc1ccc2c3c1O[C@H]1C(OC(=O)CCNC(=O)OC(C)(C)C)=CC[C@@]4(OC(=O)CCNC(=O)OC(C)(C)C)[C@@H](C2)N(C)CC[C@]314. The van der Waals surface area contributed by atoms with E-state index in [1.807, 2.05) is 19.2 Å². The molecule has 2 N–H and O–H groups in total. The van der Waals surface area contributed by atoms with Gasteiger partial charge in [-0.1, -0.05) is 6.07 Å². The minimum absolute atomic E-state index is 0.0294. The number of rotatable bonds is 9. The first-order valence-corrected chi connectivity index (χ1v) is 16.1. The molecule has 2 aliphatic carbocycles. The fraction of sp³-hybridized carbons (Fsp3) is 0.647. The second kappa shape index (κ2) is 12.6. The minimum Gasteiger partial charge on any atom is -0.493 e. The summed E-state index contributed by atoms with van der Waals surface area (Å²) in [4.78, 5) is 53.1. The molecule has 1 spiro atoms. The molecule has 2 aliphatic heterocycles. The summed E-state index contributed by atoms with van der Waals surface area (Å²) in [6.07, 6.45) is 1.09. The fourth-order valence-electron chi connectivity index (χ4n) is 7.36. The van der Waals surface area contributed by atoms with E-state index in [1.54, 1.807) is 54.7 Å². The van der Waals surface area contributed by atoms with Crippen LogP contribution in [0.2, 0.25) is 0 Å². The lowest BCUT2D eigenvalue weighted by Crippen LogP contribution is -2.75. The number of alkyl carbamates (subject to hydrolysis) is 2. The van der Waals surface area contributed by atoms with Crippen LogP contribution in [0.25, 0.3) is 0 Å². The Bertz CT molecular complexity index is 1460. The number of amides is 2. The normalized spacial score (nSPS) is 25.7. The van der Waals surface area contributed by atoms with Gasteiger partial charge in [-0.25, -0.2) is 9.59 Å². The highest BCUT2D eigenvalue weighted by atomic mass is 16.6. The number of methoxy groups -OCH3 is 1. The Kier molecular flexibility index (Phi) is 9.17. The molecule has 1 fully saturated rings. The topological polar surface area (TPSA) is 151 Å². The molecule has 0 saturated carbocycles. The molecule has 258 valence electrons. The van der Waals surface area contributed by atoms with Crippen molar-refractivity contribution >= 4 is 24.1 Å². The molecule has 2 bridgehead atoms. The van der Waals surface area contributed by atoms with Gasteiger partial charge >= 0.3 is 24.1 Å². The van der Waals surface area contributed by atoms with Crippen LogP contribution < -0.4 is 20.1 Å². The van der Waals surface area contributed by atoms with E-state index in [0.29, 0.717) is 36.6 Å². The first-order valence-electron chi connectivity index (χ1n) is 16.1. The molecule has 1 saturated heterocycles. The van der Waals surface area contributed by atoms with Crippen molar-refractivity contribution in [1.29, 1.82) is 0 Å². The number of likely N-dealkylation sites (tertiary alicyclic amines) is 1. The summed E-state index contributed by atoms with van der Waals surface area (Å²) in [5, 5.41) is 5.21. The zero-order valence-corrected chi connectivity index (χ0v) is 28.6. The molecule has 47 heavy (non-hydrogen) atoms. The van der Waals surface area contributed by atoms with Crippen molar-refractivity contribution in [2.45, 2.75) is 108 Å². The molecular weight excluding hydrogens is 610 g/mol. The highest BCUT2D eigenvalue weighted by molar-refractivity contribution is 5.75. The average Bonchev–Trinajstić information content (AvgIpc) is 3.30. The maximum absolute atomic E-state index is 13.6. The lowest BCUT2D eigenvalue weighted by Gasteiger charge is -2.62. The molecule has 13 heteroatoms. The van der Waals surface area contributed by atoms with Gasteiger partial charge in [0.2, 0.25) is 0 Å². The lowest BCUT2D eigenvalue weighted by molar-refractivity contribution is -0.206. The third kappa shape index (κ3) is 6.59. The summed E-state index contributed by atoms with van der Waals surface area (Å²) in [7, 11) is 3.59. The van der Waals surface area contributed by atoms with Gasteiger partial charge in [0.1, 0.15) is 22.6 Å². The zero-order valence-electron chi connectivity index (χ0n) is 28.6. The smallest absolute Gasteiger partial charge is 0.407 e. The fourth-order valence-corrected chi connectivity index (χ4v) is 7.36. The number of piperidine rings is 1. The predicted molar refractivity (Wildman–Crippen MR) is 169 cm³/mol. The molecule has 0 unspecified atom stereocenters. The second-order valence-electron chi connectivity index (χ2n) is 14.6. The number of nitrogens with one attached hydrogen (secondary N) is 2. The van der Waals surface area contributed by atoms with Gasteiger partial charge in [-0.2, -0.15) is 0 Å². The Morgan fingerprint density at radius 3 is 2.17 bits per heavy atom. The zero-order chi connectivity index (χ0) is 34.4. The van der Waals surface area contributed by atoms with Crippen molar-refractivity contribution in [3.8, 4) is 11.5 Å². The van der Waals surface area contributed by atoms with Crippen LogP contribution in [0.5, 0.6) is 11.5 Å². The van der Waals surface area contributed by atoms with Crippen molar-refractivity contribution in [1.82, 2.24) is 15.5 Å². The molecule has 2 amide bonds. The van der Waals surface area contributed by atoms with Gasteiger partial charge < -0.3 is 39.1 Å². The average molecular weight is 658 g/mol. The number of carbonyl (C=O) groups is 4. The van der Waals surface area contributed by atoms with Crippen molar-refractivity contribution in [3.05, 3.63) is 35.1 Å². The van der Waals surface area contributed by atoms with Crippen LogP contribution in [-0.4, -0.2) is 91.8 Å². The summed E-state index contributed by atoms with van der Waals surface area (Å²) >= 11 is 0. The highest BCUT2D eigenvalue weighted by Crippen LogP contribution is 2.66. The van der Waals surface area contributed by atoms with Crippen molar-refractivity contribution < 1.29 is 47.6 Å². The van der Waals surface area contributed by atoms with Crippen LogP contribution in [0.3, 0.4) is 0 Å². The molecule has 0 radical (unpaired) electrons. The van der Waals surface area contributed by atoms with E-state index in [2.05, 4.69) is 15.5 Å². The van der Waals surface area contributed by atoms with Crippen LogP contribution in [-0.2, 0) is 40.4 Å². The molecule has 0 aromatic heterocycles. The molecule has 4 atom stereocenters. The molecule has 1 aromatic rings. The van der Waals surface area contributed by atoms with E-state index in [0.717, 1.165) is 11.1 Å². The summed E-state index contributed by atoms with van der Waals surface area (Å²) in [5.41, 5.74) is -1.27. The van der Waals surface area contributed by atoms with Gasteiger partial charge in [0.15, 0.2) is 17.6 Å². The van der Waals surface area contributed by atoms with Gasteiger partial charge in [0.05, 0.1) is 31.4 Å². The Morgan fingerprint density at radius 2 is 1.57 bits per heavy atom. The van der Waals surface area contributed by atoms with Gasteiger partial charge in [0.25, 0.3) is 0 Å². The first-order chi connectivity index (χ1) is 22.0. The number of carbonyl (C=O) groups excluding carboxylic acids is 4. The molecule has 13 nitrogen and oxygen atoms in total. The third-order valence-corrected chi connectivity index (χ3v) is 9.04. The number of ether oxygens (including phenoxy) is 6. The number of benzene rings is 1. The molecule has 5 rings (SSSR count). The minimum atomic E-state index is -1.05. The van der Waals surface area contributed by atoms with Crippen LogP contribution in [0.1, 0.15) is 78.4 Å². The molecule has 1 aromatic carbocycles. The number of likely N-dealkylation sites (N-methyl/N-ethyl adjacent to an activating group) is 1. The summed E-state index contributed by atoms with van der Waals surface area (Å²) < 4.78 is 35.4. The van der Waals surface area contributed by atoms with Crippen LogP contribution in [0.15, 0.2) is 24.0 Å². The number of nitrogens with zero attached hydrogens (tertiary/aromatic N) is 1. The van der Waals surface area contributed by atoms with Gasteiger partial charge in [-0.05, 0) is 85.7 Å². The number of esters is 2. The summed E-state index contributed by atoms with van der Waals surface area (Å²) in [5.74, 6) is 0.411. The standard InChI is InChI=1S/C34H47N3O10/c1-31(2,3)46-29(40)35-16-12-24(38)43-22-11-14-34(45-25(39)13-17-36-30(41)47-32(4,5)6)23-19-20-9-10-21(42-8)27-26(20)33(34,28(22)44-27)15-18-37(23)7/h9-11,23,28H,12-19H2,1-8H3,(H,35,40)(H,36,41)/t23-,28+,33+,34-/m1/s1. The Morgan fingerprint density at radius 1 is 0.957 bits per heavy atom. The van der Waals surface area contributed by atoms with E-state index < -0.39 is 52.4 Å². The third-order valence-electron chi connectivity index (χ3n) is 9.04. The van der Waals surface area contributed by atoms with Gasteiger partial charge in [0, 0.05) is 25.1 Å². The molecule has 2 heterocycles. The van der Waals surface area contributed by atoms with Crippen molar-refractivity contribution in [3.63, 3.8) is 0 Å². The highest BCUT2D eigenvalue weighted by Gasteiger charge is 2.74. The van der Waals surface area contributed by atoms with Crippen molar-refractivity contribution in [2.75, 3.05) is 33.8 Å². The quantitative estimate of drug-likeness (QED) is 0.294. The van der Waals surface area contributed by atoms with E-state index in [1.165, 1.54) is 0 Å². The summed E-state index contributed by atoms with van der Waals surface area (Å²) in [6.45, 7) is 11.3. The molecule has 4 aliphatic rings. The Hall–Kier alpha value is -4.00. The lowest BCUT2D eigenvalue weighted by atomic mass is 9.50. The number of hydrogen-bond acceptors (Lipinski definition) is 11. The van der Waals surface area contributed by atoms with E-state index in [9.17, 15) is 19.2 Å². The van der Waals surface area contributed by atoms with E-state index in [-0.39, 0.29) is 38.4 Å². The Balaban J connectivity index is 1.41. The predicted octanol–water partition coefficient (Wildman–Crippen LogP) is 3.90. The molecular formula is C34H47N3O10. The van der Waals surface area contributed by atoms with E-state index >= 15 is 0 Å². The largest absolute Gasteiger partial charge is 0.493 e. The van der Waals surface area contributed by atoms with E-state index in [4.69, 9.17) is 28.4 Å².